The molecule has 0 aliphatic carbocycles. The van der Waals surface area contributed by atoms with Gasteiger partial charge in [-0.15, -0.1) is 0 Å². The zero-order valence-corrected chi connectivity index (χ0v) is 21.3. The lowest BCUT2D eigenvalue weighted by atomic mass is 10.1. The SMILES string of the molecule is C=CC(=O)N(C)C(C)C(=O)NCCc1cccc(Nc2nc(N(C)C(C)C)c(C)nc2C(N)=O)c1. The molecule has 2 aromatic rings. The summed E-state index contributed by atoms with van der Waals surface area (Å²) in [6, 6.07) is 7.12. The first kappa shape index (κ1) is 27.3. The fourth-order valence-electron chi connectivity index (χ4n) is 3.28. The molecule has 0 aliphatic rings. The highest BCUT2D eigenvalue weighted by molar-refractivity contribution is 5.96. The maximum absolute atomic E-state index is 12.4. The van der Waals surface area contributed by atoms with Gasteiger partial charge in [-0.2, -0.15) is 0 Å². The molecule has 0 aliphatic heterocycles. The Bertz CT molecular complexity index is 1100. The summed E-state index contributed by atoms with van der Waals surface area (Å²) in [6.45, 7) is 11.4. The number of likely N-dealkylation sites (N-methyl/N-ethyl adjacent to an activating group) is 1. The average molecular weight is 482 g/mol. The second kappa shape index (κ2) is 12.0. The maximum Gasteiger partial charge on any atom is 0.271 e. The summed E-state index contributed by atoms with van der Waals surface area (Å²) in [5.41, 5.74) is 7.89. The average Bonchev–Trinajstić information content (AvgIpc) is 2.82. The van der Waals surface area contributed by atoms with Gasteiger partial charge in [0.15, 0.2) is 17.3 Å². The van der Waals surface area contributed by atoms with Gasteiger partial charge < -0.3 is 26.2 Å². The van der Waals surface area contributed by atoms with E-state index >= 15 is 0 Å². The summed E-state index contributed by atoms with van der Waals surface area (Å²) in [6.07, 6.45) is 1.74. The number of amides is 3. The monoisotopic (exact) mass is 481 g/mol. The molecule has 1 heterocycles. The van der Waals surface area contributed by atoms with E-state index in [4.69, 9.17) is 5.73 Å². The Morgan fingerprint density at radius 3 is 2.46 bits per heavy atom. The lowest BCUT2D eigenvalue weighted by Crippen LogP contribution is -2.45. The molecule has 10 nitrogen and oxygen atoms in total. The predicted octanol–water partition coefficient (Wildman–Crippen LogP) is 2.16. The van der Waals surface area contributed by atoms with Crippen LogP contribution in [-0.2, 0) is 16.0 Å². The van der Waals surface area contributed by atoms with Crippen molar-refractivity contribution in [2.75, 3.05) is 30.9 Å². The molecule has 0 bridgehead atoms. The molecule has 1 atom stereocenters. The Balaban J connectivity index is 2.14. The summed E-state index contributed by atoms with van der Waals surface area (Å²) in [7, 11) is 3.47. The van der Waals surface area contributed by atoms with Crippen LogP contribution in [0.1, 0.15) is 42.5 Å². The highest BCUT2D eigenvalue weighted by Gasteiger charge is 2.21. The largest absolute Gasteiger partial charge is 0.364 e. The normalized spacial score (nSPS) is 11.5. The number of aryl methyl sites for hydroxylation is 1. The lowest BCUT2D eigenvalue weighted by molar-refractivity contribution is -0.135. The number of aromatic nitrogens is 2. The number of anilines is 3. The van der Waals surface area contributed by atoms with Crippen molar-refractivity contribution < 1.29 is 14.4 Å². The van der Waals surface area contributed by atoms with Gasteiger partial charge in [0.25, 0.3) is 5.91 Å². The second-order valence-electron chi connectivity index (χ2n) is 8.59. The fourth-order valence-corrected chi connectivity index (χ4v) is 3.28. The van der Waals surface area contributed by atoms with Crippen LogP contribution in [-0.4, -0.2) is 65.3 Å². The van der Waals surface area contributed by atoms with Crippen molar-refractivity contribution in [3.63, 3.8) is 0 Å². The van der Waals surface area contributed by atoms with Gasteiger partial charge in [0.05, 0.1) is 5.69 Å². The number of carbonyl (C=O) groups excluding carboxylic acids is 3. The molecule has 1 unspecified atom stereocenters. The molecule has 35 heavy (non-hydrogen) atoms. The molecule has 1 aromatic carbocycles. The summed E-state index contributed by atoms with van der Waals surface area (Å²) in [4.78, 5) is 48.4. The van der Waals surface area contributed by atoms with Crippen molar-refractivity contribution in [2.45, 2.75) is 46.2 Å². The number of hydrogen-bond donors (Lipinski definition) is 3. The molecule has 0 radical (unpaired) electrons. The van der Waals surface area contributed by atoms with Crippen molar-refractivity contribution in [1.82, 2.24) is 20.2 Å². The first-order valence-corrected chi connectivity index (χ1v) is 11.4. The van der Waals surface area contributed by atoms with Crippen LogP contribution in [0.3, 0.4) is 0 Å². The van der Waals surface area contributed by atoms with E-state index in [1.807, 2.05) is 50.1 Å². The minimum Gasteiger partial charge on any atom is -0.364 e. The first-order chi connectivity index (χ1) is 16.5. The van der Waals surface area contributed by atoms with Crippen LogP contribution in [0.4, 0.5) is 17.3 Å². The number of primary amides is 1. The van der Waals surface area contributed by atoms with Crippen molar-refractivity contribution in [3.8, 4) is 0 Å². The molecule has 0 spiro atoms. The van der Waals surface area contributed by atoms with Gasteiger partial charge in [-0.05, 0) is 57.9 Å². The van der Waals surface area contributed by atoms with E-state index in [0.717, 1.165) is 5.56 Å². The Kier molecular flexibility index (Phi) is 9.33. The zero-order valence-electron chi connectivity index (χ0n) is 21.3. The molecule has 3 amide bonds. The standard InChI is InChI=1S/C25H35N7O3/c1-8-20(33)32(7)17(5)25(35)27-13-12-18-10-9-11-19(14-18)29-23-21(22(26)34)28-16(4)24(30-23)31(6)15(2)3/h8-11,14-15,17H,1,12-13H2,2-7H3,(H2,26,34)(H,27,35)(H,29,30). The number of carbonyl (C=O) groups is 3. The van der Waals surface area contributed by atoms with E-state index in [1.54, 1.807) is 20.9 Å². The van der Waals surface area contributed by atoms with Gasteiger partial charge in [0.2, 0.25) is 11.8 Å². The van der Waals surface area contributed by atoms with E-state index in [2.05, 4.69) is 27.2 Å². The summed E-state index contributed by atoms with van der Waals surface area (Å²) >= 11 is 0. The Morgan fingerprint density at radius 2 is 1.86 bits per heavy atom. The molecule has 0 saturated heterocycles. The van der Waals surface area contributed by atoms with Crippen LogP contribution >= 0.6 is 0 Å². The quantitative estimate of drug-likeness (QED) is 0.419. The van der Waals surface area contributed by atoms with Crippen molar-refractivity contribution in [1.29, 1.82) is 0 Å². The van der Waals surface area contributed by atoms with Crippen LogP contribution in [0, 0.1) is 6.92 Å². The maximum atomic E-state index is 12.4. The van der Waals surface area contributed by atoms with Crippen LogP contribution in [0.5, 0.6) is 0 Å². The Morgan fingerprint density at radius 1 is 1.17 bits per heavy atom. The number of benzene rings is 1. The number of nitrogens with zero attached hydrogens (tertiary/aromatic N) is 4. The van der Waals surface area contributed by atoms with Crippen LogP contribution < -0.4 is 21.3 Å². The molecule has 4 N–H and O–H groups in total. The molecule has 10 heteroatoms. The Labute approximate surface area is 206 Å². The molecular formula is C25H35N7O3. The number of rotatable bonds is 11. The van der Waals surface area contributed by atoms with E-state index in [1.165, 1.54) is 11.0 Å². The predicted molar refractivity (Wildman–Crippen MR) is 138 cm³/mol. The van der Waals surface area contributed by atoms with Crippen LogP contribution in [0.15, 0.2) is 36.9 Å². The molecule has 1 aromatic heterocycles. The second-order valence-corrected chi connectivity index (χ2v) is 8.59. The number of nitrogens with two attached hydrogens (primary N) is 1. The van der Waals surface area contributed by atoms with E-state index in [-0.39, 0.29) is 29.4 Å². The zero-order chi connectivity index (χ0) is 26.3. The van der Waals surface area contributed by atoms with Gasteiger partial charge in [0, 0.05) is 32.4 Å². The van der Waals surface area contributed by atoms with Gasteiger partial charge in [-0.25, -0.2) is 9.97 Å². The van der Waals surface area contributed by atoms with Crippen LogP contribution in [0.25, 0.3) is 0 Å². The minimum absolute atomic E-state index is 0.0632. The number of hydrogen-bond acceptors (Lipinski definition) is 7. The summed E-state index contributed by atoms with van der Waals surface area (Å²) < 4.78 is 0. The summed E-state index contributed by atoms with van der Waals surface area (Å²) in [5.74, 6) is -0.307. The molecule has 0 saturated carbocycles. The minimum atomic E-state index is -0.672. The lowest BCUT2D eigenvalue weighted by Gasteiger charge is -2.25. The van der Waals surface area contributed by atoms with Crippen molar-refractivity contribution in [3.05, 3.63) is 53.9 Å². The highest BCUT2D eigenvalue weighted by Crippen LogP contribution is 2.25. The van der Waals surface area contributed by atoms with Crippen molar-refractivity contribution >= 4 is 35.0 Å². The third kappa shape index (κ3) is 7.02. The smallest absolute Gasteiger partial charge is 0.271 e. The first-order valence-electron chi connectivity index (χ1n) is 11.4. The van der Waals surface area contributed by atoms with E-state index in [9.17, 15) is 14.4 Å². The van der Waals surface area contributed by atoms with E-state index < -0.39 is 11.9 Å². The summed E-state index contributed by atoms with van der Waals surface area (Å²) in [5, 5.41) is 6.01. The van der Waals surface area contributed by atoms with Gasteiger partial charge in [0.1, 0.15) is 6.04 Å². The highest BCUT2D eigenvalue weighted by atomic mass is 16.2. The molecule has 188 valence electrons. The van der Waals surface area contributed by atoms with Gasteiger partial charge in [-0.3, -0.25) is 14.4 Å². The van der Waals surface area contributed by atoms with Crippen LogP contribution in [0.2, 0.25) is 0 Å². The third-order valence-electron chi connectivity index (χ3n) is 5.77. The topological polar surface area (TPSA) is 134 Å². The molecule has 2 rings (SSSR count). The van der Waals surface area contributed by atoms with Gasteiger partial charge in [-0.1, -0.05) is 18.7 Å². The van der Waals surface area contributed by atoms with Gasteiger partial charge >= 0.3 is 0 Å². The Hall–Kier alpha value is -3.95. The molecular weight excluding hydrogens is 446 g/mol. The fraction of sp³-hybridized carbons (Fsp3) is 0.400. The van der Waals surface area contributed by atoms with Crippen molar-refractivity contribution in [2.24, 2.45) is 5.73 Å². The van der Waals surface area contributed by atoms with E-state index in [0.29, 0.717) is 30.2 Å². The molecule has 0 fully saturated rings. The third-order valence-corrected chi connectivity index (χ3v) is 5.77. The number of nitrogens with one attached hydrogen (secondary N) is 2.